The van der Waals surface area contributed by atoms with Crippen LogP contribution in [-0.2, 0) is 6.42 Å². The number of nitrogen functional groups attached to an aromatic ring is 1. The average Bonchev–Trinajstić information content (AvgIpc) is 2.36. The van der Waals surface area contributed by atoms with Crippen molar-refractivity contribution in [3.63, 3.8) is 0 Å². The van der Waals surface area contributed by atoms with Crippen LogP contribution < -0.4 is 16.6 Å². The molecule has 1 rings (SSSR count). The van der Waals surface area contributed by atoms with Crippen molar-refractivity contribution in [1.29, 1.82) is 0 Å². The molecule has 0 aliphatic carbocycles. The smallest absolute Gasteiger partial charge is 0.148 e. The highest BCUT2D eigenvalue weighted by molar-refractivity contribution is 5.56. The number of aliphatic hydroxyl groups is 1. The van der Waals surface area contributed by atoms with E-state index in [0.717, 1.165) is 43.0 Å². The molecule has 1 unspecified atom stereocenters. The minimum absolute atomic E-state index is 0.259. The number of hydrazine groups is 1. The molecule has 0 spiro atoms. The highest BCUT2D eigenvalue weighted by Gasteiger charge is 2.08. The van der Waals surface area contributed by atoms with Crippen molar-refractivity contribution in [2.24, 2.45) is 5.84 Å². The second kappa shape index (κ2) is 7.13. The number of hydrogen-bond acceptors (Lipinski definition) is 6. The van der Waals surface area contributed by atoms with E-state index in [9.17, 15) is 5.11 Å². The van der Waals surface area contributed by atoms with Crippen molar-refractivity contribution >= 4 is 11.6 Å². The van der Waals surface area contributed by atoms with Gasteiger partial charge in [-0.3, -0.25) is 0 Å². The van der Waals surface area contributed by atoms with Gasteiger partial charge in [-0.25, -0.2) is 15.8 Å². The van der Waals surface area contributed by atoms with Crippen LogP contribution in [0.5, 0.6) is 0 Å². The summed E-state index contributed by atoms with van der Waals surface area (Å²) in [5, 5.41) is 12.4. The summed E-state index contributed by atoms with van der Waals surface area (Å²) in [5.41, 5.74) is 3.50. The Balaban J connectivity index is 2.68. The number of aromatic nitrogens is 2. The molecule has 1 aromatic heterocycles. The molecule has 102 valence electrons. The van der Waals surface area contributed by atoms with Crippen molar-refractivity contribution in [2.75, 3.05) is 17.3 Å². The normalized spacial score (nSPS) is 12.3. The number of anilines is 2. The van der Waals surface area contributed by atoms with E-state index in [1.165, 1.54) is 0 Å². The molecule has 0 amide bonds. The summed E-state index contributed by atoms with van der Waals surface area (Å²) in [7, 11) is 0. The fraction of sp³-hybridized carbons (Fsp3) is 0.667. The molecule has 5 N–H and O–H groups in total. The van der Waals surface area contributed by atoms with E-state index in [1.807, 2.05) is 13.8 Å². The molecule has 18 heavy (non-hydrogen) atoms. The second-order valence-electron chi connectivity index (χ2n) is 4.38. The van der Waals surface area contributed by atoms with E-state index >= 15 is 0 Å². The highest BCUT2D eigenvalue weighted by atomic mass is 16.3. The topological polar surface area (TPSA) is 96.1 Å². The van der Waals surface area contributed by atoms with Gasteiger partial charge < -0.3 is 15.8 Å². The van der Waals surface area contributed by atoms with Gasteiger partial charge in [0.1, 0.15) is 17.5 Å². The third kappa shape index (κ3) is 4.12. The Bertz CT molecular complexity index is 381. The monoisotopic (exact) mass is 253 g/mol. The molecule has 6 nitrogen and oxygen atoms in total. The highest BCUT2D eigenvalue weighted by Crippen LogP contribution is 2.19. The van der Waals surface area contributed by atoms with Gasteiger partial charge in [0.15, 0.2) is 0 Å². The summed E-state index contributed by atoms with van der Waals surface area (Å²) in [5.74, 6) is 7.65. The van der Waals surface area contributed by atoms with Crippen LogP contribution in [0.4, 0.5) is 11.6 Å². The maximum Gasteiger partial charge on any atom is 0.148 e. The number of nitrogens with two attached hydrogens (primary N) is 1. The van der Waals surface area contributed by atoms with Gasteiger partial charge in [-0.1, -0.05) is 6.92 Å². The molecule has 0 radical (unpaired) electrons. The van der Waals surface area contributed by atoms with Gasteiger partial charge in [0, 0.05) is 18.5 Å². The number of hydrogen-bond donors (Lipinski definition) is 4. The Labute approximate surface area is 108 Å². The minimum Gasteiger partial charge on any atom is -0.393 e. The fourth-order valence-electron chi connectivity index (χ4n) is 1.64. The quantitative estimate of drug-likeness (QED) is 0.331. The predicted octanol–water partition coefficient (Wildman–Crippen LogP) is 1.21. The predicted molar refractivity (Wildman–Crippen MR) is 73.4 cm³/mol. The Kier molecular flexibility index (Phi) is 5.80. The SMILES string of the molecule is CCc1nc(NN)c(C)c(NCCCC(C)O)n1. The number of nitrogens with one attached hydrogen (secondary N) is 2. The summed E-state index contributed by atoms with van der Waals surface area (Å²) >= 11 is 0. The van der Waals surface area contributed by atoms with Crippen LogP contribution in [0.15, 0.2) is 0 Å². The zero-order chi connectivity index (χ0) is 13.5. The molecule has 0 saturated heterocycles. The molecule has 1 aromatic rings. The van der Waals surface area contributed by atoms with Gasteiger partial charge in [-0.05, 0) is 26.7 Å². The standard InChI is InChI=1S/C12H23N5O/c1-4-10-15-11(9(3)12(16-10)17-13)14-7-5-6-8(2)18/h8,18H,4-7,13H2,1-3H3,(H2,14,15,16,17). The van der Waals surface area contributed by atoms with Gasteiger partial charge in [0.2, 0.25) is 0 Å². The molecule has 0 aliphatic rings. The first-order valence-electron chi connectivity index (χ1n) is 6.34. The Morgan fingerprint density at radius 2 is 2.00 bits per heavy atom. The first-order valence-corrected chi connectivity index (χ1v) is 6.34. The maximum atomic E-state index is 9.19. The van der Waals surface area contributed by atoms with Crippen molar-refractivity contribution in [3.8, 4) is 0 Å². The zero-order valence-electron chi connectivity index (χ0n) is 11.3. The lowest BCUT2D eigenvalue weighted by molar-refractivity contribution is 0.183. The average molecular weight is 253 g/mol. The Morgan fingerprint density at radius 3 is 2.56 bits per heavy atom. The van der Waals surface area contributed by atoms with E-state index in [4.69, 9.17) is 5.84 Å². The molecule has 1 heterocycles. The summed E-state index contributed by atoms with van der Waals surface area (Å²) in [6.07, 6.45) is 2.18. The molecule has 0 bridgehead atoms. The lowest BCUT2D eigenvalue weighted by atomic mass is 10.2. The second-order valence-corrected chi connectivity index (χ2v) is 4.38. The van der Waals surface area contributed by atoms with Crippen LogP contribution in [-0.4, -0.2) is 27.7 Å². The summed E-state index contributed by atoms with van der Waals surface area (Å²) in [6, 6.07) is 0. The fourth-order valence-corrected chi connectivity index (χ4v) is 1.64. The summed E-state index contributed by atoms with van der Waals surface area (Å²) in [4.78, 5) is 8.73. The van der Waals surface area contributed by atoms with Crippen molar-refractivity contribution in [3.05, 3.63) is 11.4 Å². The summed E-state index contributed by atoms with van der Waals surface area (Å²) in [6.45, 7) is 6.49. The third-order valence-electron chi connectivity index (χ3n) is 2.74. The van der Waals surface area contributed by atoms with E-state index in [2.05, 4.69) is 20.7 Å². The lowest BCUT2D eigenvalue weighted by Crippen LogP contribution is -2.15. The van der Waals surface area contributed by atoms with Crippen LogP contribution in [0.1, 0.15) is 38.1 Å². The molecule has 0 aromatic carbocycles. The van der Waals surface area contributed by atoms with Crippen LogP contribution in [0.3, 0.4) is 0 Å². The number of aliphatic hydroxyl groups excluding tert-OH is 1. The lowest BCUT2D eigenvalue weighted by Gasteiger charge is -2.13. The third-order valence-corrected chi connectivity index (χ3v) is 2.74. The largest absolute Gasteiger partial charge is 0.393 e. The first kappa shape index (κ1) is 14.7. The van der Waals surface area contributed by atoms with Crippen LogP contribution in [0.25, 0.3) is 0 Å². The van der Waals surface area contributed by atoms with Gasteiger partial charge in [0.25, 0.3) is 0 Å². The van der Waals surface area contributed by atoms with E-state index in [0.29, 0.717) is 5.82 Å². The van der Waals surface area contributed by atoms with Crippen molar-refractivity contribution < 1.29 is 5.11 Å². The minimum atomic E-state index is -0.259. The number of nitrogens with zero attached hydrogens (tertiary/aromatic N) is 2. The molecular formula is C12H23N5O. The van der Waals surface area contributed by atoms with Crippen LogP contribution in [0.2, 0.25) is 0 Å². The van der Waals surface area contributed by atoms with Crippen LogP contribution >= 0.6 is 0 Å². The van der Waals surface area contributed by atoms with Gasteiger partial charge >= 0.3 is 0 Å². The van der Waals surface area contributed by atoms with Crippen molar-refractivity contribution in [2.45, 2.75) is 46.1 Å². The molecule has 1 atom stereocenters. The molecule has 6 heteroatoms. The zero-order valence-corrected chi connectivity index (χ0v) is 11.3. The van der Waals surface area contributed by atoms with Gasteiger partial charge in [0.05, 0.1) is 6.10 Å². The van der Waals surface area contributed by atoms with Crippen molar-refractivity contribution in [1.82, 2.24) is 9.97 Å². The maximum absolute atomic E-state index is 9.19. The molecule has 0 fully saturated rings. The van der Waals surface area contributed by atoms with Crippen LogP contribution in [0, 0.1) is 6.92 Å². The summed E-state index contributed by atoms with van der Waals surface area (Å²) < 4.78 is 0. The Hall–Kier alpha value is -1.40. The first-order chi connectivity index (χ1) is 8.58. The number of aryl methyl sites for hydroxylation is 1. The van der Waals surface area contributed by atoms with E-state index in [-0.39, 0.29) is 6.10 Å². The van der Waals surface area contributed by atoms with E-state index < -0.39 is 0 Å². The Morgan fingerprint density at radius 1 is 1.33 bits per heavy atom. The molecule has 0 aliphatic heterocycles. The number of rotatable bonds is 7. The molecule has 0 saturated carbocycles. The van der Waals surface area contributed by atoms with E-state index in [1.54, 1.807) is 6.92 Å². The molecular weight excluding hydrogens is 230 g/mol. The van der Waals surface area contributed by atoms with Gasteiger partial charge in [-0.15, -0.1) is 0 Å². The van der Waals surface area contributed by atoms with Gasteiger partial charge in [-0.2, -0.15) is 0 Å².